The third kappa shape index (κ3) is 2.19. The average molecular weight is 207 g/mol. The van der Waals surface area contributed by atoms with Crippen LogP contribution in [0.25, 0.3) is 0 Å². The lowest BCUT2D eigenvalue weighted by Crippen LogP contribution is -2.47. The molecule has 2 heteroatoms. The number of ether oxygens (including phenoxy) is 1. The predicted molar refractivity (Wildman–Crippen MR) is 61.6 cm³/mol. The van der Waals surface area contributed by atoms with Crippen LogP contribution in [0.4, 0.5) is 0 Å². The molecule has 0 aromatic heterocycles. The van der Waals surface area contributed by atoms with E-state index in [-0.39, 0.29) is 5.60 Å². The van der Waals surface area contributed by atoms with Crippen molar-refractivity contribution in [2.45, 2.75) is 50.2 Å². The number of hydrogen-bond donors (Lipinski definition) is 0. The molecule has 84 valence electrons. The van der Waals surface area contributed by atoms with Gasteiger partial charge in [-0.15, -0.1) is 6.42 Å². The van der Waals surface area contributed by atoms with Crippen LogP contribution >= 0.6 is 0 Å². The monoisotopic (exact) mass is 207 g/mol. The first-order valence-corrected chi connectivity index (χ1v) is 6.07. The predicted octanol–water partition coefficient (Wildman–Crippen LogP) is 2.04. The summed E-state index contributed by atoms with van der Waals surface area (Å²) in [7, 11) is 1.74. The molecule has 0 bridgehead atoms. The third-order valence-corrected chi connectivity index (χ3v) is 4.10. The van der Waals surface area contributed by atoms with Crippen LogP contribution in [0, 0.1) is 12.3 Å². The summed E-state index contributed by atoms with van der Waals surface area (Å²) < 4.78 is 5.48. The quantitative estimate of drug-likeness (QED) is 0.643. The van der Waals surface area contributed by atoms with E-state index in [0.717, 1.165) is 32.0 Å². The van der Waals surface area contributed by atoms with Gasteiger partial charge in [0, 0.05) is 39.1 Å². The Balaban J connectivity index is 1.88. The molecule has 2 nitrogen and oxygen atoms in total. The van der Waals surface area contributed by atoms with Gasteiger partial charge in [0.2, 0.25) is 0 Å². The first kappa shape index (κ1) is 11.0. The Morgan fingerprint density at radius 2 is 1.87 bits per heavy atom. The molecule has 0 aromatic rings. The molecule has 1 aliphatic heterocycles. The van der Waals surface area contributed by atoms with Crippen LogP contribution in [-0.4, -0.2) is 36.7 Å². The van der Waals surface area contributed by atoms with Crippen molar-refractivity contribution in [3.8, 4) is 12.3 Å². The number of likely N-dealkylation sites (tertiary alicyclic amines) is 1. The average Bonchev–Trinajstić information content (AvgIpc) is 2.83. The number of rotatable bonds is 2. The topological polar surface area (TPSA) is 12.5 Å². The summed E-state index contributed by atoms with van der Waals surface area (Å²) in [5.74, 6) is 2.83. The molecule has 0 amide bonds. The Bertz CT molecular complexity index is 242. The van der Waals surface area contributed by atoms with E-state index in [1.807, 2.05) is 0 Å². The lowest BCUT2D eigenvalue weighted by atomic mass is 9.91. The molecule has 15 heavy (non-hydrogen) atoms. The largest absolute Gasteiger partial charge is 0.366 e. The van der Waals surface area contributed by atoms with Crippen molar-refractivity contribution in [2.24, 2.45) is 0 Å². The molecule has 1 heterocycles. The number of methoxy groups -OCH3 is 1. The summed E-state index contributed by atoms with van der Waals surface area (Å²) in [5, 5.41) is 0. The van der Waals surface area contributed by atoms with Crippen molar-refractivity contribution in [1.82, 2.24) is 4.90 Å². The number of terminal acetylenes is 1. The molecular weight excluding hydrogens is 186 g/mol. The van der Waals surface area contributed by atoms with Gasteiger partial charge < -0.3 is 9.64 Å². The van der Waals surface area contributed by atoms with E-state index in [2.05, 4.69) is 10.8 Å². The van der Waals surface area contributed by atoms with Crippen LogP contribution in [0.15, 0.2) is 0 Å². The summed E-state index contributed by atoms with van der Waals surface area (Å²) in [6.07, 6.45) is 13.1. The molecule has 0 N–H and O–H groups in total. The highest BCUT2D eigenvalue weighted by Crippen LogP contribution is 2.30. The zero-order valence-corrected chi connectivity index (χ0v) is 9.67. The van der Waals surface area contributed by atoms with E-state index in [1.54, 1.807) is 7.11 Å². The van der Waals surface area contributed by atoms with Gasteiger partial charge in [-0.05, 0) is 12.8 Å². The fourth-order valence-corrected chi connectivity index (χ4v) is 2.93. The van der Waals surface area contributed by atoms with Gasteiger partial charge in [0.1, 0.15) is 5.60 Å². The first-order chi connectivity index (χ1) is 7.29. The summed E-state index contributed by atoms with van der Waals surface area (Å²) in [5.41, 5.74) is -0.269. The lowest BCUT2D eigenvalue weighted by Gasteiger charge is -2.40. The number of nitrogens with zero attached hydrogens (tertiary/aromatic N) is 1. The maximum atomic E-state index is 5.55. The van der Waals surface area contributed by atoms with Crippen LogP contribution in [0.5, 0.6) is 0 Å². The van der Waals surface area contributed by atoms with Crippen LogP contribution in [-0.2, 0) is 4.74 Å². The van der Waals surface area contributed by atoms with E-state index < -0.39 is 0 Å². The molecule has 1 saturated carbocycles. The van der Waals surface area contributed by atoms with Gasteiger partial charge in [-0.2, -0.15) is 0 Å². The van der Waals surface area contributed by atoms with Gasteiger partial charge in [-0.3, -0.25) is 0 Å². The van der Waals surface area contributed by atoms with Gasteiger partial charge in [-0.1, -0.05) is 18.8 Å². The molecule has 0 aromatic carbocycles. The minimum atomic E-state index is -0.269. The van der Waals surface area contributed by atoms with E-state index in [9.17, 15) is 0 Å². The lowest BCUT2D eigenvalue weighted by molar-refractivity contribution is -0.0211. The maximum absolute atomic E-state index is 5.55. The minimum absolute atomic E-state index is 0.269. The molecule has 2 rings (SSSR count). The smallest absolute Gasteiger partial charge is 0.130 e. The van der Waals surface area contributed by atoms with Crippen molar-refractivity contribution in [1.29, 1.82) is 0 Å². The number of piperidine rings is 1. The Labute approximate surface area is 93.0 Å². The van der Waals surface area contributed by atoms with Crippen molar-refractivity contribution in [2.75, 3.05) is 20.2 Å². The van der Waals surface area contributed by atoms with Crippen LogP contribution in [0.1, 0.15) is 38.5 Å². The van der Waals surface area contributed by atoms with Crippen LogP contribution in [0.2, 0.25) is 0 Å². The minimum Gasteiger partial charge on any atom is -0.366 e. The summed E-state index contributed by atoms with van der Waals surface area (Å²) in [4.78, 5) is 2.61. The van der Waals surface area contributed by atoms with Crippen LogP contribution < -0.4 is 0 Å². The fraction of sp³-hybridized carbons (Fsp3) is 0.846. The molecular formula is C13H21NO. The van der Waals surface area contributed by atoms with Crippen molar-refractivity contribution >= 4 is 0 Å². The Kier molecular flexibility index (Phi) is 3.33. The van der Waals surface area contributed by atoms with E-state index in [4.69, 9.17) is 11.2 Å². The fourth-order valence-electron chi connectivity index (χ4n) is 2.93. The number of hydrogen-bond acceptors (Lipinski definition) is 2. The third-order valence-electron chi connectivity index (χ3n) is 4.10. The molecule has 0 radical (unpaired) electrons. The van der Waals surface area contributed by atoms with Gasteiger partial charge >= 0.3 is 0 Å². The van der Waals surface area contributed by atoms with Gasteiger partial charge in [-0.25, -0.2) is 0 Å². The zero-order valence-electron chi connectivity index (χ0n) is 9.67. The molecule has 1 saturated heterocycles. The summed E-state index contributed by atoms with van der Waals surface area (Å²) in [6.45, 7) is 2.23. The Morgan fingerprint density at radius 3 is 2.33 bits per heavy atom. The van der Waals surface area contributed by atoms with Gasteiger partial charge in [0.05, 0.1) is 0 Å². The van der Waals surface area contributed by atoms with Crippen molar-refractivity contribution in [3.05, 3.63) is 0 Å². The van der Waals surface area contributed by atoms with E-state index in [1.165, 1.54) is 25.7 Å². The second-order valence-corrected chi connectivity index (χ2v) is 4.82. The summed E-state index contributed by atoms with van der Waals surface area (Å²) in [6, 6.07) is 0.831. The molecule has 0 unspecified atom stereocenters. The van der Waals surface area contributed by atoms with E-state index in [0.29, 0.717) is 0 Å². The second-order valence-electron chi connectivity index (χ2n) is 4.82. The van der Waals surface area contributed by atoms with E-state index >= 15 is 0 Å². The highest BCUT2D eigenvalue weighted by atomic mass is 16.5. The Hall–Kier alpha value is -0.520. The second kappa shape index (κ2) is 4.55. The van der Waals surface area contributed by atoms with Crippen molar-refractivity contribution in [3.63, 3.8) is 0 Å². The molecule has 0 spiro atoms. The van der Waals surface area contributed by atoms with Gasteiger partial charge in [0.25, 0.3) is 0 Å². The molecule has 0 atom stereocenters. The molecule has 1 aliphatic carbocycles. The highest BCUT2D eigenvalue weighted by molar-refractivity contribution is 5.11. The Morgan fingerprint density at radius 1 is 1.27 bits per heavy atom. The first-order valence-electron chi connectivity index (χ1n) is 6.07. The van der Waals surface area contributed by atoms with Crippen molar-refractivity contribution < 1.29 is 4.74 Å². The highest BCUT2D eigenvalue weighted by Gasteiger charge is 2.35. The SMILES string of the molecule is C#CC1(OC)CCN(C2CCCC2)CC1. The summed E-state index contributed by atoms with van der Waals surface area (Å²) >= 11 is 0. The van der Waals surface area contributed by atoms with Crippen LogP contribution in [0.3, 0.4) is 0 Å². The van der Waals surface area contributed by atoms with Gasteiger partial charge in [0.15, 0.2) is 0 Å². The normalized spacial score (nSPS) is 27.7. The molecule has 2 aliphatic rings. The standard InChI is InChI=1S/C13H21NO/c1-3-13(15-2)8-10-14(11-9-13)12-6-4-5-7-12/h1,12H,4-11H2,2H3. The zero-order chi connectivity index (χ0) is 10.7. The maximum Gasteiger partial charge on any atom is 0.130 e. The molecule has 2 fully saturated rings.